The normalized spacial score (nSPS) is 22.1. The first kappa shape index (κ1) is 15.8. The van der Waals surface area contributed by atoms with Crippen LogP contribution in [0.25, 0.3) is 0 Å². The molecule has 0 bridgehead atoms. The molecule has 1 fully saturated rings. The van der Waals surface area contributed by atoms with Crippen molar-refractivity contribution in [3.05, 3.63) is 34.3 Å². The van der Waals surface area contributed by atoms with Crippen LogP contribution in [0.1, 0.15) is 42.1 Å². The second-order valence-corrected chi connectivity index (χ2v) is 6.16. The molecule has 1 atom stereocenters. The molecule has 1 aliphatic rings. The molecule has 2 rings (SSSR count). The third kappa shape index (κ3) is 3.05. The number of halogens is 1. The predicted octanol–water partition coefficient (Wildman–Crippen LogP) is 3.37. The van der Waals surface area contributed by atoms with E-state index in [0.717, 1.165) is 5.56 Å². The molecular weight excluding hydrogens is 290 g/mol. The summed E-state index contributed by atoms with van der Waals surface area (Å²) >= 11 is 6.15. The van der Waals surface area contributed by atoms with E-state index in [-0.39, 0.29) is 12.5 Å². The Kier molecular flexibility index (Phi) is 4.57. The maximum Gasteiger partial charge on any atom is 0.311 e. The van der Waals surface area contributed by atoms with Crippen molar-refractivity contribution in [2.75, 3.05) is 13.1 Å². The number of rotatable bonds is 3. The van der Waals surface area contributed by atoms with E-state index in [2.05, 4.69) is 0 Å². The molecule has 1 saturated heterocycles. The number of carbonyl (C=O) groups is 2. The largest absolute Gasteiger partial charge is 0.481 e. The third-order valence-electron chi connectivity index (χ3n) is 4.35. The van der Waals surface area contributed by atoms with Gasteiger partial charge >= 0.3 is 5.97 Å². The number of benzene rings is 1. The second-order valence-electron chi connectivity index (χ2n) is 5.75. The van der Waals surface area contributed by atoms with Gasteiger partial charge in [-0.25, -0.2) is 0 Å². The van der Waals surface area contributed by atoms with Gasteiger partial charge in [-0.2, -0.15) is 0 Å². The van der Waals surface area contributed by atoms with Crippen LogP contribution in [-0.4, -0.2) is 35.0 Å². The summed E-state index contributed by atoms with van der Waals surface area (Å²) < 4.78 is 0. The van der Waals surface area contributed by atoms with Gasteiger partial charge in [0.1, 0.15) is 0 Å². The topological polar surface area (TPSA) is 57.6 Å². The third-order valence-corrected chi connectivity index (χ3v) is 4.66. The molecule has 1 aliphatic heterocycles. The fraction of sp³-hybridized carbons (Fsp3) is 0.500. The molecule has 0 radical (unpaired) electrons. The molecule has 1 amide bonds. The van der Waals surface area contributed by atoms with Gasteiger partial charge in [-0.1, -0.05) is 24.6 Å². The highest BCUT2D eigenvalue weighted by Gasteiger charge is 2.42. The lowest BCUT2D eigenvalue weighted by molar-refractivity contribution is -0.152. The number of nitrogens with zero attached hydrogens (tertiary/aromatic N) is 1. The Morgan fingerprint density at radius 3 is 2.71 bits per heavy atom. The van der Waals surface area contributed by atoms with Crippen molar-refractivity contribution < 1.29 is 14.7 Å². The minimum absolute atomic E-state index is 0.182. The first-order valence-corrected chi connectivity index (χ1v) is 7.56. The molecule has 1 heterocycles. The van der Waals surface area contributed by atoms with Crippen LogP contribution in [0.2, 0.25) is 5.02 Å². The highest BCUT2D eigenvalue weighted by Crippen LogP contribution is 2.34. The van der Waals surface area contributed by atoms with Gasteiger partial charge in [0.15, 0.2) is 0 Å². The summed E-state index contributed by atoms with van der Waals surface area (Å²) in [5.41, 5.74) is 0.605. The summed E-state index contributed by atoms with van der Waals surface area (Å²) in [6.07, 6.45) is 1.84. The maximum atomic E-state index is 12.6. The molecule has 0 saturated carbocycles. The number of aryl methyl sites for hydroxylation is 1. The monoisotopic (exact) mass is 309 g/mol. The summed E-state index contributed by atoms with van der Waals surface area (Å²) in [7, 11) is 0. The van der Waals surface area contributed by atoms with Crippen LogP contribution < -0.4 is 0 Å². The first-order chi connectivity index (χ1) is 9.89. The molecule has 21 heavy (non-hydrogen) atoms. The lowest BCUT2D eigenvalue weighted by Crippen LogP contribution is -2.49. The number of carboxylic acid groups (broad SMARTS) is 1. The van der Waals surface area contributed by atoms with Crippen molar-refractivity contribution >= 4 is 23.5 Å². The Hall–Kier alpha value is -1.55. The van der Waals surface area contributed by atoms with Crippen molar-refractivity contribution in [2.24, 2.45) is 5.41 Å². The summed E-state index contributed by atoms with van der Waals surface area (Å²) in [4.78, 5) is 25.8. The fourth-order valence-electron chi connectivity index (χ4n) is 2.88. The Morgan fingerprint density at radius 2 is 2.14 bits per heavy atom. The Morgan fingerprint density at radius 1 is 1.43 bits per heavy atom. The van der Waals surface area contributed by atoms with Gasteiger partial charge in [0, 0.05) is 13.1 Å². The zero-order valence-electron chi connectivity index (χ0n) is 12.4. The summed E-state index contributed by atoms with van der Waals surface area (Å²) in [6, 6.07) is 5.30. The summed E-state index contributed by atoms with van der Waals surface area (Å²) in [5.74, 6) is -1.00. The van der Waals surface area contributed by atoms with Crippen LogP contribution in [0.3, 0.4) is 0 Å². The molecule has 114 valence electrons. The Balaban J connectivity index is 2.25. The van der Waals surface area contributed by atoms with Gasteiger partial charge in [0.25, 0.3) is 5.91 Å². The SMILES string of the molecule is CCC1(C(=O)O)CCCN(C(=O)c2ccc(C)cc2Cl)C1. The number of carboxylic acids is 1. The molecule has 0 aliphatic carbocycles. The molecule has 1 unspecified atom stereocenters. The van der Waals surface area contributed by atoms with Crippen molar-refractivity contribution in [3.8, 4) is 0 Å². The number of carbonyl (C=O) groups excluding carboxylic acids is 1. The maximum absolute atomic E-state index is 12.6. The summed E-state index contributed by atoms with van der Waals surface area (Å²) in [5, 5.41) is 9.91. The van der Waals surface area contributed by atoms with Crippen molar-refractivity contribution in [1.29, 1.82) is 0 Å². The highest BCUT2D eigenvalue weighted by atomic mass is 35.5. The van der Waals surface area contributed by atoms with Crippen LogP contribution in [0, 0.1) is 12.3 Å². The van der Waals surface area contributed by atoms with Crippen molar-refractivity contribution in [2.45, 2.75) is 33.1 Å². The molecule has 1 N–H and O–H groups in total. The molecule has 0 spiro atoms. The van der Waals surface area contributed by atoms with Gasteiger partial charge in [-0.15, -0.1) is 0 Å². The number of piperidine rings is 1. The molecule has 4 nitrogen and oxygen atoms in total. The Bertz CT molecular complexity index is 573. The molecule has 0 aromatic heterocycles. The first-order valence-electron chi connectivity index (χ1n) is 7.18. The average Bonchev–Trinajstić information content (AvgIpc) is 2.46. The lowest BCUT2D eigenvalue weighted by atomic mass is 9.77. The number of likely N-dealkylation sites (tertiary alicyclic amines) is 1. The zero-order chi connectivity index (χ0) is 15.6. The van der Waals surface area contributed by atoms with E-state index in [1.807, 2.05) is 19.9 Å². The molecule has 1 aromatic carbocycles. The van der Waals surface area contributed by atoms with E-state index in [1.54, 1.807) is 17.0 Å². The number of amides is 1. The smallest absolute Gasteiger partial charge is 0.311 e. The van der Waals surface area contributed by atoms with E-state index in [0.29, 0.717) is 36.4 Å². The van der Waals surface area contributed by atoms with E-state index in [4.69, 9.17) is 11.6 Å². The standard InChI is InChI=1S/C16H20ClNO3/c1-3-16(15(20)21)7-4-8-18(10-16)14(19)12-6-5-11(2)9-13(12)17/h5-6,9H,3-4,7-8,10H2,1-2H3,(H,20,21). The molecule has 5 heteroatoms. The van der Waals surface area contributed by atoms with Crippen LogP contribution in [0.4, 0.5) is 0 Å². The Labute approximate surface area is 129 Å². The predicted molar refractivity (Wildman–Crippen MR) is 81.7 cm³/mol. The summed E-state index contributed by atoms with van der Waals surface area (Å²) in [6.45, 7) is 4.61. The van der Waals surface area contributed by atoms with Crippen LogP contribution in [0.5, 0.6) is 0 Å². The molecular formula is C16H20ClNO3. The number of aliphatic carboxylic acids is 1. The van der Waals surface area contributed by atoms with Gasteiger partial charge < -0.3 is 10.0 Å². The van der Waals surface area contributed by atoms with E-state index in [9.17, 15) is 14.7 Å². The van der Waals surface area contributed by atoms with Crippen LogP contribution >= 0.6 is 11.6 Å². The average molecular weight is 310 g/mol. The quantitative estimate of drug-likeness (QED) is 0.931. The lowest BCUT2D eigenvalue weighted by Gasteiger charge is -2.39. The van der Waals surface area contributed by atoms with E-state index in [1.165, 1.54) is 0 Å². The van der Waals surface area contributed by atoms with E-state index >= 15 is 0 Å². The molecule has 1 aromatic rings. The highest BCUT2D eigenvalue weighted by molar-refractivity contribution is 6.33. The van der Waals surface area contributed by atoms with Crippen molar-refractivity contribution in [3.63, 3.8) is 0 Å². The van der Waals surface area contributed by atoms with Gasteiger partial charge in [0.2, 0.25) is 0 Å². The number of hydrogen-bond donors (Lipinski definition) is 1. The second kappa shape index (κ2) is 6.06. The van der Waals surface area contributed by atoms with E-state index < -0.39 is 11.4 Å². The van der Waals surface area contributed by atoms with Gasteiger partial charge in [0.05, 0.1) is 16.0 Å². The minimum atomic E-state index is -0.828. The number of hydrogen-bond acceptors (Lipinski definition) is 2. The fourth-order valence-corrected chi connectivity index (χ4v) is 3.20. The van der Waals surface area contributed by atoms with Crippen molar-refractivity contribution in [1.82, 2.24) is 4.90 Å². The zero-order valence-corrected chi connectivity index (χ0v) is 13.1. The van der Waals surface area contributed by atoms with Crippen LogP contribution in [0.15, 0.2) is 18.2 Å². The minimum Gasteiger partial charge on any atom is -0.481 e. The van der Waals surface area contributed by atoms with Crippen LogP contribution in [-0.2, 0) is 4.79 Å². The van der Waals surface area contributed by atoms with Gasteiger partial charge in [-0.3, -0.25) is 9.59 Å². The van der Waals surface area contributed by atoms with Gasteiger partial charge in [-0.05, 0) is 43.9 Å².